The smallest absolute Gasteiger partial charge is 0.326 e. The monoisotopic (exact) mass is 297 g/mol. The van der Waals surface area contributed by atoms with Crippen molar-refractivity contribution in [2.45, 2.75) is 24.8 Å². The van der Waals surface area contributed by atoms with Crippen molar-refractivity contribution in [3.8, 4) is 5.75 Å². The summed E-state index contributed by atoms with van der Waals surface area (Å²) >= 11 is 1.35. The first-order valence-electron chi connectivity index (χ1n) is 6.23. The standard InChI is InChI=1S/C14H19NO4S/c1-9(2)13(14(17)18)15-12(16)8-20-11-6-4-10(19-3)5-7-11/h4-7,9,13H,8H2,1-3H3,(H,15,16)(H,17,18). The number of amides is 1. The molecule has 20 heavy (non-hydrogen) atoms. The van der Waals surface area contributed by atoms with E-state index in [0.29, 0.717) is 0 Å². The Morgan fingerprint density at radius 1 is 1.30 bits per heavy atom. The highest BCUT2D eigenvalue weighted by atomic mass is 32.2. The molecule has 0 aliphatic rings. The molecule has 0 bridgehead atoms. The van der Waals surface area contributed by atoms with Crippen LogP contribution in [0.15, 0.2) is 29.2 Å². The largest absolute Gasteiger partial charge is 0.497 e. The predicted octanol–water partition coefficient (Wildman–Crippen LogP) is 2.01. The van der Waals surface area contributed by atoms with Crippen LogP contribution in [0.4, 0.5) is 0 Å². The summed E-state index contributed by atoms with van der Waals surface area (Å²) in [6.07, 6.45) is 0. The Morgan fingerprint density at radius 2 is 1.90 bits per heavy atom. The lowest BCUT2D eigenvalue weighted by atomic mass is 10.1. The summed E-state index contributed by atoms with van der Waals surface area (Å²) in [5, 5.41) is 11.5. The maximum Gasteiger partial charge on any atom is 0.326 e. The van der Waals surface area contributed by atoms with Crippen LogP contribution in [0.5, 0.6) is 5.75 Å². The van der Waals surface area contributed by atoms with Gasteiger partial charge in [0.05, 0.1) is 12.9 Å². The number of carbonyl (C=O) groups excluding carboxylic acids is 1. The number of aliphatic carboxylic acids is 1. The number of rotatable bonds is 7. The summed E-state index contributed by atoms with van der Waals surface area (Å²) in [6, 6.07) is 6.49. The third-order valence-electron chi connectivity index (χ3n) is 2.68. The number of thioether (sulfide) groups is 1. The van der Waals surface area contributed by atoms with Gasteiger partial charge in [0.1, 0.15) is 11.8 Å². The highest BCUT2D eigenvalue weighted by Gasteiger charge is 2.23. The Hall–Kier alpha value is -1.69. The van der Waals surface area contributed by atoms with Gasteiger partial charge in [0.25, 0.3) is 0 Å². The molecule has 1 aromatic carbocycles. The Morgan fingerprint density at radius 3 is 2.35 bits per heavy atom. The maximum absolute atomic E-state index is 11.7. The molecule has 0 spiro atoms. The molecule has 2 N–H and O–H groups in total. The Balaban J connectivity index is 2.47. The average molecular weight is 297 g/mol. The van der Waals surface area contributed by atoms with Crippen molar-refractivity contribution in [3.05, 3.63) is 24.3 Å². The second kappa shape index (κ2) is 7.79. The van der Waals surface area contributed by atoms with E-state index in [4.69, 9.17) is 9.84 Å². The topological polar surface area (TPSA) is 75.6 Å². The highest BCUT2D eigenvalue weighted by molar-refractivity contribution is 8.00. The molecule has 110 valence electrons. The van der Waals surface area contributed by atoms with Crippen LogP contribution in [-0.4, -0.2) is 35.9 Å². The van der Waals surface area contributed by atoms with Gasteiger partial charge >= 0.3 is 5.97 Å². The molecular formula is C14H19NO4S. The molecule has 0 aromatic heterocycles. The van der Waals surface area contributed by atoms with Crippen molar-refractivity contribution in [2.24, 2.45) is 5.92 Å². The molecule has 1 amide bonds. The first-order valence-corrected chi connectivity index (χ1v) is 7.21. The lowest BCUT2D eigenvalue weighted by Gasteiger charge is -2.17. The first-order chi connectivity index (χ1) is 9.43. The second-order valence-electron chi connectivity index (χ2n) is 4.59. The van der Waals surface area contributed by atoms with Crippen LogP contribution in [0, 0.1) is 5.92 Å². The zero-order chi connectivity index (χ0) is 15.1. The molecule has 1 unspecified atom stereocenters. The van der Waals surface area contributed by atoms with Gasteiger partial charge < -0.3 is 15.2 Å². The molecule has 0 saturated heterocycles. The number of ether oxygens (including phenoxy) is 1. The molecular weight excluding hydrogens is 278 g/mol. The lowest BCUT2D eigenvalue weighted by molar-refractivity contribution is -0.142. The minimum absolute atomic E-state index is 0.151. The number of hydrogen-bond acceptors (Lipinski definition) is 4. The van der Waals surface area contributed by atoms with Gasteiger partial charge in [-0.05, 0) is 30.2 Å². The molecule has 0 aliphatic carbocycles. The van der Waals surface area contributed by atoms with Crippen molar-refractivity contribution < 1.29 is 19.4 Å². The molecule has 0 aliphatic heterocycles. The van der Waals surface area contributed by atoms with Gasteiger partial charge in [-0.15, -0.1) is 11.8 Å². The van der Waals surface area contributed by atoms with Crippen LogP contribution < -0.4 is 10.1 Å². The summed E-state index contributed by atoms with van der Waals surface area (Å²) < 4.78 is 5.05. The van der Waals surface area contributed by atoms with E-state index in [0.717, 1.165) is 10.6 Å². The number of nitrogens with one attached hydrogen (secondary N) is 1. The molecule has 0 radical (unpaired) electrons. The Labute approximate surface area is 122 Å². The summed E-state index contributed by atoms with van der Waals surface area (Å²) in [5.74, 6) is -0.510. The lowest BCUT2D eigenvalue weighted by Crippen LogP contribution is -2.45. The number of carboxylic acid groups (broad SMARTS) is 1. The SMILES string of the molecule is COc1ccc(SCC(=O)NC(C(=O)O)C(C)C)cc1. The van der Waals surface area contributed by atoms with Gasteiger partial charge in [-0.3, -0.25) is 4.79 Å². The van der Waals surface area contributed by atoms with Gasteiger partial charge in [-0.1, -0.05) is 13.8 Å². The Kier molecular flexibility index (Phi) is 6.38. The van der Waals surface area contributed by atoms with E-state index in [1.807, 2.05) is 24.3 Å². The molecule has 0 saturated carbocycles. The number of carboxylic acids is 1. The van der Waals surface area contributed by atoms with E-state index < -0.39 is 12.0 Å². The number of methoxy groups -OCH3 is 1. The number of benzene rings is 1. The molecule has 1 atom stereocenters. The van der Waals surface area contributed by atoms with Crippen molar-refractivity contribution in [1.29, 1.82) is 0 Å². The third-order valence-corrected chi connectivity index (χ3v) is 3.69. The number of hydrogen-bond donors (Lipinski definition) is 2. The predicted molar refractivity (Wildman–Crippen MR) is 78.1 cm³/mol. The zero-order valence-corrected chi connectivity index (χ0v) is 12.6. The van der Waals surface area contributed by atoms with Gasteiger partial charge in [0, 0.05) is 4.90 Å². The van der Waals surface area contributed by atoms with Crippen molar-refractivity contribution in [2.75, 3.05) is 12.9 Å². The van der Waals surface area contributed by atoms with Gasteiger partial charge in [-0.2, -0.15) is 0 Å². The van der Waals surface area contributed by atoms with E-state index in [1.165, 1.54) is 11.8 Å². The van der Waals surface area contributed by atoms with Crippen molar-refractivity contribution in [3.63, 3.8) is 0 Å². The van der Waals surface area contributed by atoms with Crippen LogP contribution in [0.2, 0.25) is 0 Å². The van der Waals surface area contributed by atoms with E-state index in [1.54, 1.807) is 21.0 Å². The molecule has 6 heteroatoms. The van der Waals surface area contributed by atoms with Gasteiger partial charge in [-0.25, -0.2) is 4.79 Å². The summed E-state index contributed by atoms with van der Waals surface area (Å²) in [4.78, 5) is 23.7. The quantitative estimate of drug-likeness (QED) is 0.753. The first kappa shape index (κ1) is 16.4. The number of carbonyl (C=O) groups is 2. The average Bonchev–Trinajstić information content (AvgIpc) is 2.42. The summed E-state index contributed by atoms with van der Waals surface area (Å²) in [7, 11) is 1.59. The van der Waals surface area contributed by atoms with E-state index in [-0.39, 0.29) is 17.6 Å². The summed E-state index contributed by atoms with van der Waals surface area (Å²) in [5.41, 5.74) is 0. The van der Waals surface area contributed by atoms with Crippen LogP contribution in [0.3, 0.4) is 0 Å². The van der Waals surface area contributed by atoms with Crippen molar-refractivity contribution >= 4 is 23.6 Å². The highest BCUT2D eigenvalue weighted by Crippen LogP contribution is 2.21. The summed E-state index contributed by atoms with van der Waals surface area (Å²) in [6.45, 7) is 3.52. The molecule has 5 nitrogen and oxygen atoms in total. The second-order valence-corrected chi connectivity index (χ2v) is 5.64. The molecule has 1 aromatic rings. The van der Waals surface area contributed by atoms with Crippen molar-refractivity contribution in [1.82, 2.24) is 5.32 Å². The fraction of sp³-hybridized carbons (Fsp3) is 0.429. The van der Waals surface area contributed by atoms with Crippen LogP contribution in [0.1, 0.15) is 13.8 Å². The fourth-order valence-electron chi connectivity index (χ4n) is 1.55. The third kappa shape index (κ3) is 5.13. The molecule has 0 heterocycles. The van der Waals surface area contributed by atoms with E-state index >= 15 is 0 Å². The maximum atomic E-state index is 11.7. The minimum Gasteiger partial charge on any atom is -0.497 e. The van der Waals surface area contributed by atoms with Crippen LogP contribution in [-0.2, 0) is 9.59 Å². The van der Waals surface area contributed by atoms with Crippen LogP contribution in [0.25, 0.3) is 0 Å². The normalized spacial score (nSPS) is 12.0. The van der Waals surface area contributed by atoms with E-state index in [2.05, 4.69) is 5.32 Å². The van der Waals surface area contributed by atoms with E-state index in [9.17, 15) is 9.59 Å². The zero-order valence-electron chi connectivity index (χ0n) is 11.8. The fourth-order valence-corrected chi connectivity index (χ4v) is 2.26. The van der Waals surface area contributed by atoms with Crippen LogP contribution >= 0.6 is 11.8 Å². The Bertz CT molecular complexity index is 459. The molecule has 0 fully saturated rings. The molecule has 1 rings (SSSR count). The van der Waals surface area contributed by atoms with Gasteiger partial charge in [0.15, 0.2) is 0 Å². The van der Waals surface area contributed by atoms with Gasteiger partial charge in [0.2, 0.25) is 5.91 Å². The minimum atomic E-state index is -1.01.